The normalized spacial score (nSPS) is 13.8. The Bertz CT molecular complexity index is 1530. The number of aromatic nitrogens is 3. The molecule has 0 amide bonds. The molecule has 0 bridgehead atoms. The van der Waals surface area contributed by atoms with Crippen LogP contribution >= 0.6 is 11.6 Å². The molecule has 38 heavy (non-hydrogen) atoms. The molecule has 3 heterocycles. The third-order valence-electron chi connectivity index (χ3n) is 6.44. The number of carboxylic acid groups (broad SMARTS) is 1. The second-order valence-corrected chi connectivity index (χ2v) is 9.39. The van der Waals surface area contributed by atoms with Gasteiger partial charge in [0.25, 0.3) is 5.56 Å². The zero-order chi connectivity index (χ0) is 26.6. The molecule has 0 unspecified atom stereocenters. The molecule has 0 saturated carbocycles. The summed E-state index contributed by atoms with van der Waals surface area (Å²) < 4.78 is 6.61. The van der Waals surface area contributed by atoms with Crippen LogP contribution in [0.2, 0.25) is 5.02 Å². The lowest BCUT2D eigenvalue weighted by molar-refractivity contribution is -0.139. The van der Waals surface area contributed by atoms with E-state index < -0.39 is 18.1 Å². The number of carbonyl (C=O) groups is 1. The fourth-order valence-electron chi connectivity index (χ4n) is 4.52. The number of fused-ring (bicyclic) bond motifs is 1. The summed E-state index contributed by atoms with van der Waals surface area (Å²) in [6.07, 6.45) is 2.56. The van der Waals surface area contributed by atoms with Gasteiger partial charge in [0.2, 0.25) is 5.95 Å². The molecule has 10 nitrogen and oxygen atoms in total. The molecule has 0 aliphatic carbocycles. The van der Waals surface area contributed by atoms with Gasteiger partial charge in [-0.1, -0.05) is 29.8 Å². The number of nitrogens with one attached hydrogen (secondary N) is 1. The number of anilines is 4. The van der Waals surface area contributed by atoms with E-state index in [0.29, 0.717) is 33.4 Å². The Labute approximate surface area is 224 Å². The summed E-state index contributed by atoms with van der Waals surface area (Å²) in [5.41, 5.74) is 2.16. The lowest BCUT2D eigenvalue weighted by atomic mass is 10.2. The molecule has 5 rings (SSSR count). The number of nitrogens with zero attached hydrogens (tertiary/aromatic N) is 5. The Hall–Kier alpha value is -4.31. The largest absolute Gasteiger partial charge is 0.479 e. The lowest BCUT2D eigenvalue weighted by Crippen LogP contribution is -2.31. The zero-order valence-corrected chi connectivity index (χ0v) is 21.6. The standard InChI is InChI=1S/C27H27ClN6O4/c1-32-22-9-8-19(14-18(22)15-23(26(32)37)38-17-24(35)36)30-25-21(28)16-29-27(31-25)34-11-5-10-33(12-13-34)20-6-3-2-4-7-20/h2-4,6-9,14-16H,5,10-13,17H2,1H3,(H,35,36)(H,29,30,31). The summed E-state index contributed by atoms with van der Waals surface area (Å²) in [7, 11) is 1.61. The fraction of sp³-hybridized carbons (Fsp3) is 0.259. The van der Waals surface area contributed by atoms with Gasteiger partial charge in [-0.2, -0.15) is 4.98 Å². The van der Waals surface area contributed by atoms with Crippen molar-refractivity contribution in [1.82, 2.24) is 14.5 Å². The first-order valence-electron chi connectivity index (χ1n) is 12.2. The average Bonchev–Trinajstić information content (AvgIpc) is 3.18. The van der Waals surface area contributed by atoms with Crippen LogP contribution in [-0.4, -0.2) is 58.4 Å². The fourth-order valence-corrected chi connectivity index (χ4v) is 4.66. The van der Waals surface area contributed by atoms with E-state index in [2.05, 4.69) is 44.4 Å². The Morgan fingerprint density at radius 1 is 1.08 bits per heavy atom. The van der Waals surface area contributed by atoms with Gasteiger partial charge in [-0.3, -0.25) is 4.79 Å². The number of ether oxygens (including phenoxy) is 1. The molecule has 0 radical (unpaired) electrons. The minimum atomic E-state index is -1.16. The summed E-state index contributed by atoms with van der Waals surface area (Å²) in [4.78, 5) is 37.1. The number of rotatable bonds is 7. The predicted octanol–water partition coefficient (Wildman–Crippen LogP) is 3.91. The molecular formula is C27H27ClN6O4. The first-order valence-corrected chi connectivity index (χ1v) is 12.6. The van der Waals surface area contributed by atoms with Gasteiger partial charge in [-0.05, 0) is 42.8 Å². The summed E-state index contributed by atoms with van der Waals surface area (Å²) in [6, 6.07) is 17.3. The summed E-state index contributed by atoms with van der Waals surface area (Å²) >= 11 is 6.45. The van der Waals surface area contributed by atoms with Crippen molar-refractivity contribution in [1.29, 1.82) is 0 Å². The van der Waals surface area contributed by atoms with E-state index in [0.717, 1.165) is 32.6 Å². The Morgan fingerprint density at radius 2 is 1.84 bits per heavy atom. The Kier molecular flexibility index (Phi) is 7.32. The van der Waals surface area contributed by atoms with E-state index in [9.17, 15) is 9.59 Å². The number of aryl methyl sites for hydroxylation is 1. The van der Waals surface area contributed by atoms with Crippen molar-refractivity contribution in [3.8, 4) is 5.75 Å². The quantitative estimate of drug-likeness (QED) is 0.364. The van der Waals surface area contributed by atoms with E-state index in [1.54, 1.807) is 19.3 Å². The third kappa shape index (κ3) is 5.50. The van der Waals surface area contributed by atoms with E-state index in [1.807, 2.05) is 18.2 Å². The van der Waals surface area contributed by atoms with Gasteiger partial charge in [0.15, 0.2) is 18.2 Å². The molecule has 196 valence electrons. The van der Waals surface area contributed by atoms with Crippen LogP contribution in [0.4, 0.5) is 23.1 Å². The maximum atomic E-state index is 12.5. The summed E-state index contributed by atoms with van der Waals surface area (Å²) in [5.74, 6) is -0.131. The van der Waals surface area contributed by atoms with Gasteiger partial charge in [0, 0.05) is 50.0 Å². The highest BCUT2D eigenvalue weighted by atomic mass is 35.5. The number of carboxylic acids is 1. The van der Waals surface area contributed by atoms with Crippen molar-refractivity contribution < 1.29 is 14.6 Å². The maximum absolute atomic E-state index is 12.5. The van der Waals surface area contributed by atoms with Gasteiger partial charge in [0.1, 0.15) is 5.02 Å². The Morgan fingerprint density at radius 3 is 2.63 bits per heavy atom. The molecule has 4 aromatic rings. The van der Waals surface area contributed by atoms with Crippen molar-refractivity contribution in [2.24, 2.45) is 7.05 Å². The first kappa shape index (κ1) is 25.3. The zero-order valence-electron chi connectivity index (χ0n) is 20.8. The van der Waals surface area contributed by atoms with Gasteiger partial charge in [-0.25, -0.2) is 9.78 Å². The van der Waals surface area contributed by atoms with Crippen LogP contribution in [0.5, 0.6) is 5.75 Å². The maximum Gasteiger partial charge on any atom is 0.341 e. The van der Waals surface area contributed by atoms with Crippen LogP contribution in [-0.2, 0) is 11.8 Å². The van der Waals surface area contributed by atoms with Gasteiger partial charge in [-0.15, -0.1) is 0 Å². The van der Waals surface area contributed by atoms with Crippen LogP contribution in [0.1, 0.15) is 6.42 Å². The smallest absolute Gasteiger partial charge is 0.341 e. The number of hydrogen-bond donors (Lipinski definition) is 2. The highest BCUT2D eigenvalue weighted by Gasteiger charge is 2.19. The third-order valence-corrected chi connectivity index (χ3v) is 6.71. The predicted molar refractivity (Wildman–Crippen MR) is 148 cm³/mol. The number of aliphatic carboxylic acids is 1. The number of hydrogen-bond acceptors (Lipinski definition) is 8. The first-order chi connectivity index (χ1) is 18.4. The monoisotopic (exact) mass is 534 g/mol. The lowest BCUT2D eigenvalue weighted by Gasteiger charge is -2.24. The topological polar surface area (TPSA) is 113 Å². The molecular weight excluding hydrogens is 508 g/mol. The van der Waals surface area contributed by atoms with Crippen LogP contribution in [0.15, 0.2) is 65.6 Å². The van der Waals surface area contributed by atoms with Crippen molar-refractivity contribution in [2.75, 3.05) is 47.9 Å². The molecule has 2 aromatic carbocycles. The average molecular weight is 535 g/mol. The van der Waals surface area contributed by atoms with Crippen molar-refractivity contribution in [3.63, 3.8) is 0 Å². The molecule has 1 saturated heterocycles. The number of para-hydroxylation sites is 1. The molecule has 2 N–H and O–H groups in total. The molecule has 1 fully saturated rings. The minimum Gasteiger partial charge on any atom is -0.479 e. The van der Waals surface area contributed by atoms with E-state index in [1.165, 1.54) is 16.3 Å². The SMILES string of the molecule is Cn1c(=O)c(OCC(=O)O)cc2cc(Nc3nc(N4CCCN(c5ccccc5)CC4)ncc3Cl)ccc21. The molecule has 11 heteroatoms. The summed E-state index contributed by atoms with van der Waals surface area (Å²) in [6.45, 7) is 2.82. The number of pyridine rings is 1. The number of benzene rings is 2. The summed E-state index contributed by atoms with van der Waals surface area (Å²) in [5, 5.41) is 13.2. The van der Waals surface area contributed by atoms with E-state index >= 15 is 0 Å². The highest BCUT2D eigenvalue weighted by Crippen LogP contribution is 2.28. The van der Waals surface area contributed by atoms with Gasteiger partial charge < -0.3 is 29.5 Å². The van der Waals surface area contributed by atoms with Crippen LogP contribution in [0.3, 0.4) is 0 Å². The minimum absolute atomic E-state index is 0.0346. The van der Waals surface area contributed by atoms with Gasteiger partial charge in [0.05, 0.1) is 11.7 Å². The molecule has 1 aliphatic heterocycles. The van der Waals surface area contributed by atoms with Crippen LogP contribution in [0, 0.1) is 0 Å². The van der Waals surface area contributed by atoms with E-state index in [-0.39, 0.29) is 5.75 Å². The van der Waals surface area contributed by atoms with Crippen LogP contribution < -0.4 is 25.4 Å². The number of halogens is 1. The molecule has 0 atom stereocenters. The second-order valence-electron chi connectivity index (χ2n) is 8.98. The van der Waals surface area contributed by atoms with Gasteiger partial charge >= 0.3 is 5.97 Å². The molecule has 0 spiro atoms. The second kappa shape index (κ2) is 11.0. The Balaban J connectivity index is 1.36. The van der Waals surface area contributed by atoms with Crippen molar-refractivity contribution in [2.45, 2.75) is 6.42 Å². The van der Waals surface area contributed by atoms with Crippen LogP contribution in [0.25, 0.3) is 10.9 Å². The molecule has 1 aliphatic rings. The van der Waals surface area contributed by atoms with Crippen molar-refractivity contribution >= 4 is 51.6 Å². The highest BCUT2D eigenvalue weighted by molar-refractivity contribution is 6.32. The van der Waals surface area contributed by atoms with E-state index in [4.69, 9.17) is 26.4 Å². The van der Waals surface area contributed by atoms with Crippen molar-refractivity contribution in [3.05, 3.63) is 76.2 Å². The molecule has 2 aromatic heterocycles.